The molecule has 138 valence electrons. The van der Waals surface area contributed by atoms with Gasteiger partial charge in [-0.2, -0.15) is 0 Å². The highest BCUT2D eigenvalue weighted by Gasteiger charge is 2.38. The average molecular weight is 383 g/mol. The number of amides is 2. The van der Waals surface area contributed by atoms with E-state index in [0.29, 0.717) is 27.6 Å². The molecule has 2 aromatic rings. The standard InChI is InChI=1S/C21H19ClN2O3/c1-4-11-24-20(25)18(14-6-9-16(27-3)10-7-14)19(21(24)26)23-15-8-5-13(2)17(22)12-15/h4-10,12,23H,1,11H2,2-3H3. The van der Waals surface area contributed by atoms with E-state index >= 15 is 0 Å². The molecule has 0 fully saturated rings. The first-order valence-electron chi connectivity index (χ1n) is 8.35. The Morgan fingerprint density at radius 2 is 1.85 bits per heavy atom. The number of aryl methyl sites for hydroxylation is 1. The Hall–Kier alpha value is -3.05. The lowest BCUT2D eigenvalue weighted by atomic mass is 10.0. The van der Waals surface area contributed by atoms with Crippen LogP contribution in [-0.4, -0.2) is 30.4 Å². The predicted molar refractivity (Wildman–Crippen MR) is 107 cm³/mol. The lowest BCUT2D eigenvalue weighted by Crippen LogP contribution is -2.32. The van der Waals surface area contributed by atoms with Gasteiger partial charge in [-0.25, -0.2) is 0 Å². The van der Waals surface area contributed by atoms with Crippen molar-refractivity contribution in [2.24, 2.45) is 0 Å². The van der Waals surface area contributed by atoms with Gasteiger partial charge in [-0.1, -0.05) is 35.9 Å². The predicted octanol–water partition coefficient (Wildman–Crippen LogP) is 4.04. The summed E-state index contributed by atoms with van der Waals surface area (Å²) in [6.07, 6.45) is 1.52. The number of methoxy groups -OCH3 is 1. The monoisotopic (exact) mass is 382 g/mol. The van der Waals surface area contributed by atoms with Gasteiger partial charge in [0.25, 0.3) is 11.8 Å². The maximum Gasteiger partial charge on any atom is 0.278 e. The highest BCUT2D eigenvalue weighted by atomic mass is 35.5. The van der Waals surface area contributed by atoms with E-state index in [4.69, 9.17) is 16.3 Å². The van der Waals surface area contributed by atoms with Gasteiger partial charge >= 0.3 is 0 Å². The average Bonchev–Trinajstić information content (AvgIpc) is 2.89. The molecule has 0 aliphatic carbocycles. The summed E-state index contributed by atoms with van der Waals surface area (Å²) in [6, 6.07) is 12.4. The maximum atomic E-state index is 12.9. The Balaban J connectivity index is 2.07. The normalized spacial score (nSPS) is 14.0. The van der Waals surface area contributed by atoms with E-state index in [9.17, 15) is 9.59 Å². The van der Waals surface area contributed by atoms with Crippen molar-refractivity contribution in [1.82, 2.24) is 4.90 Å². The number of hydrogen-bond acceptors (Lipinski definition) is 4. The lowest BCUT2D eigenvalue weighted by Gasteiger charge is -2.12. The maximum absolute atomic E-state index is 12.9. The third kappa shape index (κ3) is 3.59. The number of anilines is 1. The fraction of sp³-hybridized carbons (Fsp3) is 0.143. The second-order valence-corrected chi connectivity index (χ2v) is 6.48. The van der Waals surface area contributed by atoms with E-state index in [1.54, 1.807) is 37.4 Å². The Morgan fingerprint density at radius 3 is 2.44 bits per heavy atom. The Bertz CT molecular complexity index is 948. The third-order valence-corrected chi connectivity index (χ3v) is 4.71. The SMILES string of the molecule is C=CCN1C(=O)C(Nc2ccc(C)c(Cl)c2)=C(c2ccc(OC)cc2)C1=O. The number of hydrogen-bond donors (Lipinski definition) is 1. The zero-order chi connectivity index (χ0) is 19.6. The summed E-state index contributed by atoms with van der Waals surface area (Å²) in [5.74, 6) is -0.105. The zero-order valence-corrected chi connectivity index (χ0v) is 15.8. The highest BCUT2D eigenvalue weighted by molar-refractivity contribution is 6.36. The summed E-state index contributed by atoms with van der Waals surface area (Å²) >= 11 is 6.18. The Kier molecular flexibility index (Phi) is 5.33. The van der Waals surface area contributed by atoms with Gasteiger partial charge in [-0.15, -0.1) is 6.58 Å². The van der Waals surface area contributed by atoms with Crippen molar-refractivity contribution in [3.8, 4) is 5.75 Å². The number of nitrogens with zero attached hydrogens (tertiary/aromatic N) is 1. The summed E-state index contributed by atoms with van der Waals surface area (Å²) in [5, 5.41) is 3.65. The summed E-state index contributed by atoms with van der Waals surface area (Å²) in [5.41, 5.74) is 2.71. The molecule has 2 aromatic carbocycles. The van der Waals surface area contributed by atoms with Gasteiger partial charge in [0, 0.05) is 17.3 Å². The number of benzene rings is 2. The van der Waals surface area contributed by atoms with Crippen molar-refractivity contribution in [1.29, 1.82) is 0 Å². The van der Waals surface area contributed by atoms with Crippen LogP contribution >= 0.6 is 11.6 Å². The minimum Gasteiger partial charge on any atom is -0.497 e. The Morgan fingerprint density at radius 1 is 1.15 bits per heavy atom. The van der Waals surface area contributed by atoms with Crippen molar-refractivity contribution in [3.63, 3.8) is 0 Å². The fourth-order valence-corrected chi connectivity index (χ4v) is 3.01. The number of ether oxygens (including phenoxy) is 1. The molecule has 1 heterocycles. The van der Waals surface area contributed by atoms with Gasteiger partial charge in [0.2, 0.25) is 0 Å². The van der Waals surface area contributed by atoms with Gasteiger partial charge in [0.05, 0.1) is 12.7 Å². The second-order valence-electron chi connectivity index (χ2n) is 6.08. The molecule has 0 saturated heterocycles. The second kappa shape index (κ2) is 7.68. The summed E-state index contributed by atoms with van der Waals surface area (Å²) in [4.78, 5) is 26.9. The van der Waals surface area contributed by atoms with Crippen LogP contribution in [0.15, 0.2) is 60.8 Å². The quantitative estimate of drug-likeness (QED) is 0.605. The summed E-state index contributed by atoms with van der Waals surface area (Å²) < 4.78 is 5.16. The molecule has 0 unspecified atom stereocenters. The van der Waals surface area contributed by atoms with Crippen LogP contribution in [0.3, 0.4) is 0 Å². The van der Waals surface area contributed by atoms with Crippen LogP contribution in [-0.2, 0) is 9.59 Å². The van der Waals surface area contributed by atoms with Crippen molar-refractivity contribution < 1.29 is 14.3 Å². The first-order valence-corrected chi connectivity index (χ1v) is 8.73. The van der Waals surface area contributed by atoms with Gasteiger partial charge in [-0.3, -0.25) is 14.5 Å². The van der Waals surface area contributed by atoms with Crippen molar-refractivity contribution in [2.75, 3.05) is 19.0 Å². The van der Waals surface area contributed by atoms with E-state index in [2.05, 4.69) is 11.9 Å². The van der Waals surface area contributed by atoms with Gasteiger partial charge in [0.1, 0.15) is 11.4 Å². The molecule has 0 bridgehead atoms. The molecule has 0 spiro atoms. The van der Waals surface area contributed by atoms with Gasteiger partial charge < -0.3 is 10.1 Å². The smallest absolute Gasteiger partial charge is 0.278 e. The number of rotatable bonds is 6. The number of carbonyl (C=O) groups is 2. The fourth-order valence-electron chi connectivity index (χ4n) is 2.83. The van der Waals surface area contributed by atoms with Gasteiger partial charge in [0.15, 0.2) is 0 Å². The van der Waals surface area contributed by atoms with Crippen LogP contribution in [0.1, 0.15) is 11.1 Å². The van der Waals surface area contributed by atoms with Crippen molar-refractivity contribution in [3.05, 3.63) is 77.0 Å². The van der Waals surface area contributed by atoms with Crippen LogP contribution in [0.5, 0.6) is 5.75 Å². The minimum atomic E-state index is -0.401. The van der Waals surface area contributed by atoms with Crippen molar-refractivity contribution >= 4 is 34.7 Å². The summed E-state index contributed by atoms with van der Waals surface area (Å²) in [7, 11) is 1.57. The van der Waals surface area contributed by atoms with E-state index < -0.39 is 5.91 Å². The summed E-state index contributed by atoms with van der Waals surface area (Å²) in [6.45, 7) is 5.65. The van der Waals surface area contributed by atoms with Crippen LogP contribution in [0.2, 0.25) is 5.02 Å². The molecule has 0 radical (unpaired) electrons. The molecular weight excluding hydrogens is 364 g/mol. The highest BCUT2D eigenvalue weighted by Crippen LogP contribution is 2.32. The molecule has 1 aliphatic rings. The van der Waals surface area contributed by atoms with Crippen molar-refractivity contribution in [2.45, 2.75) is 6.92 Å². The molecule has 27 heavy (non-hydrogen) atoms. The molecular formula is C21H19ClN2O3. The third-order valence-electron chi connectivity index (χ3n) is 4.30. The van der Waals surface area contributed by atoms with Crippen LogP contribution in [0.4, 0.5) is 5.69 Å². The minimum absolute atomic E-state index is 0.136. The van der Waals surface area contributed by atoms with Gasteiger partial charge in [-0.05, 0) is 42.3 Å². The molecule has 1 N–H and O–H groups in total. The Labute approximate surface area is 162 Å². The molecule has 1 aliphatic heterocycles. The molecule has 0 aromatic heterocycles. The van der Waals surface area contributed by atoms with E-state index in [-0.39, 0.29) is 18.1 Å². The molecule has 0 saturated carbocycles. The molecule has 3 rings (SSSR count). The number of nitrogens with one attached hydrogen (secondary N) is 1. The molecule has 0 atom stereocenters. The number of imide groups is 1. The van der Waals surface area contributed by atoms with E-state index in [1.807, 2.05) is 19.1 Å². The van der Waals surface area contributed by atoms with Crippen LogP contribution < -0.4 is 10.1 Å². The number of halogens is 1. The molecule has 2 amide bonds. The topological polar surface area (TPSA) is 58.6 Å². The van der Waals surface area contributed by atoms with E-state index in [1.165, 1.54) is 6.08 Å². The molecule has 5 nitrogen and oxygen atoms in total. The van der Waals surface area contributed by atoms with Crippen LogP contribution in [0, 0.1) is 6.92 Å². The first-order chi connectivity index (χ1) is 13.0. The largest absolute Gasteiger partial charge is 0.497 e. The zero-order valence-electron chi connectivity index (χ0n) is 15.1. The number of carbonyl (C=O) groups excluding carboxylic acids is 2. The van der Waals surface area contributed by atoms with E-state index in [0.717, 1.165) is 10.5 Å². The molecule has 6 heteroatoms. The lowest BCUT2D eigenvalue weighted by molar-refractivity contribution is -0.136. The van der Waals surface area contributed by atoms with Crippen LogP contribution in [0.25, 0.3) is 5.57 Å². The first kappa shape index (κ1) is 18.7.